The first-order chi connectivity index (χ1) is 13.4. The summed E-state index contributed by atoms with van der Waals surface area (Å²) in [6.45, 7) is 0. The zero-order valence-corrected chi connectivity index (χ0v) is 17.9. The van der Waals surface area contributed by atoms with Crippen molar-refractivity contribution < 1.29 is 4.58 Å². The molecule has 2 aliphatic carbocycles. The smallest absolute Gasteiger partial charge is 0.199 e. The van der Waals surface area contributed by atoms with E-state index in [4.69, 9.17) is 0 Å². The lowest BCUT2D eigenvalue weighted by atomic mass is 9.84. The largest absolute Gasteiger partial charge is 0.378 e. The van der Waals surface area contributed by atoms with Crippen molar-refractivity contribution in [1.82, 2.24) is 4.90 Å². The molecule has 0 bridgehead atoms. The fraction of sp³-hybridized carbons (Fsp3) is 0.320. The molecule has 0 saturated carbocycles. The molecule has 0 atom stereocenters. The van der Waals surface area contributed by atoms with Crippen molar-refractivity contribution in [2.75, 3.05) is 47.2 Å². The molecule has 0 radical (unpaired) electrons. The third-order valence-corrected chi connectivity index (χ3v) is 5.35. The van der Waals surface area contributed by atoms with E-state index in [0.717, 1.165) is 0 Å². The molecule has 2 aliphatic rings. The lowest BCUT2D eigenvalue weighted by Gasteiger charge is -2.25. The van der Waals surface area contributed by atoms with Crippen molar-refractivity contribution in [2.24, 2.45) is 5.92 Å². The van der Waals surface area contributed by atoms with Gasteiger partial charge in [-0.25, -0.2) is 4.58 Å². The van der Waals surface area contributed by atoms with E-state index in [-0.39, 0.29) is 5.92 Å². The van der Waals surface area contributed by atoms with Crippen LogP contribution in [-0.4, -0.2) is 63.5 Å². The van der Waals surface area contributed by atoms with Gasteiger partial charge >= 0.3 is 0 Å². The number of hydrogen-bond acceptors (Lipinski definition) is 2. The zero-order valence-electron chi connectivity index (χ0n) is 17.9. The maximum absolute atomic E-state index is 2.33. The molecule has 0 fully saturated rings. The monoisotopic (exact) mass is 374 g/mol. The van der Waals surface area contributed by atoms with Crippen LogP contribution < -0.4 is 4.90 Å². The number of benzene rings is 1. The molecule has 1 aromatic rings. The van der Waals surface area contributed by atoms with Crippen LogP contribution in [0.25, 0.3) is 5.57 Å². The van der Waals surface area contributed by atoms with Gasteiger partial charge in [0.2, 0.25) is 0 Å². The van der Waals surface area contributed by atoms with E-state index in [1.54, 1.807) is 0 Å². The molecular formula is C25H32N3+. The van der Waals surface area contributed by atoms with Crippen LogP contribution in [0.4, 0.5) is 5.69 Å². The Morgan fingerprint density at radius 3 is 1.82 bits per heavy atom. The summed E-state index contributed by atoms with van der Waals surface area (Å²) >= 11 is 0. The fourth-order valence-electron chi connectivity index (χ4n) is 3.56. The van der Waals surface area contributed by atoms with Crippen molar-refractivity contribution in [3.8, 4) is 0 Å². The first kappa shape index (κ1) is 20.1. The summed E-state index contributed by atoms with van der Waals surface area (Å²) in [7, 11) is 12.5. The molecule has 3 rings (SSSR count). The zero-order chi connectivity index (χ0) is 20.3. The molecule has 28 heavy (non-hydrogen) atoms. The van der Waals surface area contributed by atoms with E-state index >= 15 is 0 Å². The van der Waals surface area contributed by atoms with Gasteiger partial charge in [0.05, 0.1) is 0 Å². The topological polar surface area (TPSA) is 9.49 Å². The summed E-state index contributed by atoms with van der Waals surface area (Å²) in [5.74, 6) is 0.270. The predicted molar refractivity (Wildman–Crippen MR) is 122 cm³/mol. The average molecular weight is 375 g/mol. The number of likely N-dealkylation sites (N-methyl/N-ethyl adjacent to an activating group) is 1. The highest BCUT2D eigenvalue weighted by atomic mass is 15.1. The highest BCUT2D eigenvalue weighted by Gasteiger charge is 2.20. The lowest BCUT2D eigenvalue weighted by Crippen LogP contribution is -2.25. The molecule has 0 heterocycles. The third-order valence-electron chi connectivity index (χ3n) is 5.35. The van der Waals surface area contributed by atoms with Crippen LogP contribution in [0.15, 0.2) is 78.4 Å². The first-order valence-corrected chi connectivity index (χ1v) is 9.82. The summed E-state index contributed by atoms with van der Waals surface area (Å²) in [4.78, 5) is 4.36. The maximum atomic E-state index is 2.33. The van der Waals surface area contributed by atoms with E-state index in [1.807, 2.05) is 0 Å². The van der Waals surface area contributed by atoms with Crippen molar-refractivity contribution in [2.45, 2.75) is 6.04 Å². The van der Waals surface area contributed by atoms with Crippen LogP contribution >= 0.6 is 0 Å². The first-order valence-electron chi connectivity index (χ1n) is 9.82. The summed E-state index contributed by atoms with van der Waals surface area (Å²) in [6, 6.07) is 9.24. The Morgan fingerprint density at radius 2 is 1.36 bits per heavy atom. The van der Waals surface area contributed by atoms with E-state index in [2.05, 4.69) is 130 Å². The molecule has 0 saturated heterocycles. The Bertz CT molecular complexity index is 854. The van der Waals surface area contributed by atoms with E-state index in [0.29, 0.717) is 6.04 Å². The minimum Gasteiger partial charge on any atom is -0.378 e. The maximum Gasteiger partial charge on any atom is 0.199 e. The summed E-state index contributed by atoms with van der Waals surface area (Å²) in [5, 5.41) is 0. The molecule has 0 spiro atoms. The highest BCUT2D eigenvalue weighted by Crippen LogP contribution is 2.34. The van der Waals surface area contributed by atoms with E-state index in [1.165, 1.54) is 28.1 Å². The van der Waals surface area contributed by atoms with Gasteiger partial charge in [-0.2, -0.15) is 0 Å². The standard InChI is InChI=1S/C25H32N3/c1-26(2)22-13-7-19(8-14-22)25(20-9-15-23(16-10-20)27(3)4)21-11-17-24(18-12-21)28(5)6/h7-19,22H,1-6H3/q+1. The van der Waals surface area contributed by atoms with Crippen LogP contribution in [0.2, 0.25) is 0 Å². The van der Waals surface area contributed by atoms with Crippen LogP contribution in [0.5, 0.6) is 0 Å². The number of anilines is 1. The van der Waals surface area contributed by atoms with Gasteiger partial charge in [-0.1, -0.05) is 36.4 Å². The van der Waals surface area contributed by atoms with Gasteiger partial charge in [0.25, 0.3) is 0 Å². The Labute approximate surface area is 170 Å². The van der Waals surface area contributed by atoms with Gasteiger partial charge in [-0.15, -0.1) is 0 Å². The summed E-state index contributed by atoms with van der Waals surface area (Å²) in [5.41, 5.74) is 6.32. The van der Waals surface area contributed by atoms with Gasteiger partial charge in [0, 0.05) is 43.9 Å². The SMILES string of the molecule is CN(C)c1ccc(C(=C2C=CC(=[N+](C)C)C=C2)C2C=CC(N(C)C)C=C2)cc1. The minimum atomic E-state index is 0.270. The van der Waals surface area contributed by atoms with Crippen LogP contribution in [-0.2, 0) is 0 Å². The number of rotatable bonds is 4. The van der Waals surface area contributed by atoms with Crippen molar-refractivity contribution in [3.05, 3.63) is 84.0 Å². The highest BCUT2D eigenvalue weighted by molar-refractivity contribution is 6.03. The molecule has 3 heteroatoms. The molecule has 146 valence electrons. The lowest BCUT2D eigenvalue weighted by molar-refractivity contribution is -0.462. The second-order valence-electron chi connectivity index (χ2n) is 8.05. The minimum absolute atomic E-state index is 0.270. The molecule has 0 unspecified atom stereocenters. The van der Waals surface area contributed by atoms with Crippen molar-refractivity contribution in [1.29, 1.82) is 0 Å². The van der Waals surface area contributed by atoms with Crippen LogP contribution in [0.3, 0.4) is 0 Å². The Hall–Kier alpha value is -2.65. The van der Waals surface area contributed by atoms with Crippen LogP contribution in [0.1, 0.15) is 5.56 Å². The quantitative estimate of drug-likeness (QED) is 0.582. The Balaban J connectivity index is 2.04. The molecule has 0 amide bonds. The Kier molecular flexibility index (Phi) is 6.15. The summed E-state index contributed by atoms with van der Waals surface area (Å²) < 4.78 is 2.14. The third kappa shape index (κ3) is 4.42. The average Bonchev–Trinajstić information content (AvgIpc) is 2.69. The molecular weight excluding hydrogens is 342 g/mol. The molecule has 3 nitrogen and oxygen atoms in total. The molecule has 0 aliphatic heterocycles. The molecule has 0 aromatic heterocycles. The molecule has 0 N–H and O–H groups in total. The van der Waals surface area contributed by atoms with Crippen LogP contribution in [0, 0.1) is 5.92 Å². The van der Waals surface area contributed by atoms with Gasteiger partial charge < -0.3 is 4.90 Å². The van der Waals surface area contributed by atoms with Crippen molar-refractivity contribution >= 4 is 17.0 Å². The van der Waals surface area contributed by atoms with Gasteiger partial charge in [-0.3, -0.25) is 4.90 Å². The summed E-state index contributed by atoms with van der Waals surface area (Å²) in [6.07, 6.45) is 18.1. The van der Waals surface area contributed by atoms with Gasteiger partial charge in [0.1, 0.15) is 14.1 Å². The second kappa shape index (κ2) is 8.57. The van der Waals surface area contributed by atoms with E-state index < -0.39 is 0 Å². The predicted octanol–water partition coefficient (Wildman–Crippen LogP) is 4.02. The number of hydrogen-bond donors (Lipinski definition) is 0. The fourth-order valence-corrected chi connectivity index (χ4v) is 3.56. The van der Waals surface area contributed by atoms with Gasteiger partial charge in [0.15, 0.2) is 5.71 Å². The Morgan fingerprint density at radius 1 is 0.786 bits per heavy atom. The van der Waals surface area contributed by atoms with E-state index in [9.17, 15) is 0 Å². The number of nitrogens with zero attached hydrogens (tertiary/aromatic N) is 3. The normalized spacial score (nSPS) is 20.8. The van der Waals surface area contributed by atoms with Gasteiger partial charge in [-0.05, 0) is 55.1 Å². The van der Waals surface area contributed by atoms with Crippen molar-refractivity contribution in [3.63, 3.8) is 0 Å². The molecule has 1 aromatic carbocycles. The number of allylic oxidation sites excluding steroid dienone is 8. The second-order valence-corrected chi connectivity index (χ2v) is 8.05.